The minimum atomic E-state index is 0.516. The van der Waals surface area contributed by atoms with Crippen LogP contribution in [0.2, 0.25) is 0 Å². The van der Waals surface area contributed by atoms with E-state index in [0.717, 1.165) is 35.3 Å². The van der Waals surface area contributed by atoms with Crippen LogP contribution in [0, 0.1) is 0 Å². The summed E-state index contributed by atoms with van der Waals surface area (Å²) >= 11 is 1.63. The molecule has 1 rings (SSSR count). The third-order valence-corrected chi connectivity index (χ3v) is 3.64. The number of anilines is 1. The summed E-state index contributed by atoms with van der Waals surface area (Å²) in [5.41, 5.74) is 6.64. The highest BCUT2D eigenvalue weighted by Crippen LogP contribution is 2.25. The topological polar surface area (TPSA) is 60.6 Å². The van der Waals surface area contributed by atoms with Crippen molar-refractivity contribution < 1.29 is 9.47 Å². The van der Waals surface area contributed by atoms with Crippen molar-refractivity contribution in [1.29, 1.82) is 0 Å². The van der Waals surface area contributed by atoms with Crippen molar-refractivity contribution in [2.24, 2.45) is 5.73 Å². The van der Waals surface area contributed by atoms with E-state index in [2.05, 4.69) is 9.88 Å². The van der Waals surface area contributed by atoms with Gasteiger partial charge in [-0.1, -0.05) is 0 Å². The Labute approximate surface area is 107 Å². The summed E-state index contributed by atoms with van der Waals surface area (Å²) in [6.07, 6.45) is 0.990. The molecule has 0 atom stereocenters. The molecular weight excluding hydrogens is 238 g/mol. The molecule has 0 saturated heterocycles. The molecule has 0 aliphatic carbocycles. The van der Waals surface area contributed by atoms with Crippen molar-refractivity contribution in [3.8, 4) is 0 Å². The number of hydrogen-bond donors (Lipinski definition) is 1. The molecule has 5 nitrogen and oxygen atoms in total. The van der Waals surface area contributed by atoms with E-state index in [1.54, 1.807) is 25.6 Å². The van der Waals surface area contributed by atoms with Gasteiger partial charge in [0.05, 0.1) is 12.3 Å². The minimum Gasteiger partial charge on any atom is -0.385 e. The van der Waals surface area contributed by atoms with Crippen LogP contribution in [0.4, 0.5) is 5.13 Å². The Kier molecular flexibility index (Phi) is 6.43. The van der Waals surface area contributed by atoms with Gasteiger partial charge in [-0.3, -0.25) is 0 Å². The average molecular weight is 259 g/mol. The van der Waals surface area contributed by atoms with Gasteiger partial charge < -0.3 is 20.1 Å². The Morgan fingerprint density at radius 1 is 1.35 bits per heavy atom. The molecule has 1 aromatic heterocycles. The fourth-order valence-electron chi connectivity index (χ4n) is 1.48. The number of aromatic nitrogens is 1. The van der Waals surface area contributed by atoms with E-state index in [0.29, 0.717) is 13.2 Å². The van der Waals surface area contributed by atoms with Crippen LogP contribution in [0.1, 0.15) is 17.0 Å². The predicted molar refractivity (Wildman–Crippen MR) is 70.5 cm³/mol. The van der Waals surface area contributed by atoms with Crippen LogP contribution in [0.25, 0.3) is 0 Å². The van der Waals surface area contributed by atoms with Gasteiger partial charge in [0, 0.05) is 45.8 Å². The Morgan fingerprint density at radius 2 is 2.12 bits per heavy atom. The van der Waals surface area contributed by atoms with Crippen molar-refractivity contribution in [1.82, 2.24) is 4.98 Å². The molecule has 0 saturated carbocycles. The van der Waals surface area contributed by atoms with Gasteiger partial charge in [0.2, 0.25) is 0 Å². The monoisotopic (exact) mass is 259 g/mol. The number of hydrogen-bond acceptors (Lipinski definition) is 6. The Hall–Kier alpha value is -0.690. The number of thiazole rings is 1. The van der Waals surface area contributed by atoms with Crippen LogP contribution < -0.4 is 10.6 Å². The van der Waals surface area contributed by atoms with E-state index >= 15 is 0 Å². The minimum absolute atomic E-state index is 0.516. The molecule has 6 heteroatoms. The fraction of sp³-hybridized carbons (Fsp3) is 0.727. The van der Waals surface area contributed by atoms with Crippen LogP contribution in [0.15, 0.2) is 0 Å². The van der Waals surface area contributed by atoms with Gasteiger partial charge in [0.25, 0.3) is 0 Å². The molecular formula is C11H21N3O2S. The number of nitrogens with zero attached hydrogens (tertiary/aromatic N) is 2. The molecule has 0 aliphatic rings. The molecule has 1 aromatic rings. The molecule has 1 heterocycles. The second-order valence-corrected chi connectivity index (χ2v) is 4.83. The zero-order chi connectivity index (χ0) is 12.7. The van der Waals surface area contributed by atoms with Crippen LogP contribution in [0.3, 0.4) is 0 Å². The van der Waals surface area contributed by atoms with E-state index in [9.17, 15) is 0 Å². The summed E-state index contributed by atoms with van der Waals surface area (Å²) in [5.74, 6) is 0. The maximum atomic E-state index is 5.69. The number of ether oxygens (including phenoxy) is 2. The Bertz CT molecular complexity index is 331. The summed E-state index contributed by atoms with van der Waals surface area (Å²) in [7, 11) is 5.42. The molecule has 0 radical (unpaired) electrons. The first-order valence-electron chi connectivity index (χ1n) is 5.60. The van der Waals surface area contributed by atoms with E-state index < -0.39 is 0 Å². The largest absolute Gasteiger partial charge is 0.385 e. The van der Waals surface area contributed by atoms with Crippen LogP contribution >= 0.6 is 11.3 Å². The number of nitrogens with two attached hydrogens (primary N) is 1. The highest BCUT2D eigenvalue weighted by atomic mass is 32.1. The summed E-state index contributed by atoms with van der Waals surface area (Å²) in [6, 6.07) is 0. The van der Waals surface area contributed by atoms with E-state index in [1.807, 2.05) is 7.05 Å². The highest BCUT2D eigenvalue weighted by molar-refractivity contribution is 7.15. The lowest BCUT2D eigenvalue weighted by molar-refractivity contribution is 0.181. The Balaban J connectivity index is 2.63. The van der Waals surface area contributed by atoms with Crippen LogP contribution in [-0.2, 0) is 22.6 Å². The summed E-state index contributed by atoms with van der Waals surface area (Å²) in [6.45, 7) is 2.74. The van der Waals surface area contributed by atoms with Crippen LogP contribution in [-0.4, -0.2) is 39.4 Å². The molecule has 0 aromatic carbocycles. The van der Waals surface area contributed by atoms with E-state index in [4.69, 9.17) is 15.2 Å². The molecule has 0 unspecified atom stereocenters. The standard InChI is InChI=1S/C11H21N3O2S/c1-14(5-4-6-15-2)11-13-9(8-16-3)10(7-12)17-11/h4-8,12H2,1-3H3. The van der Waals surface area contributed by atoms with Crippen LogP contribution in [0.5, 0.6) is 0 Å². The zero-order valence-corrected chi connectivity index (χ0v) is 11.5. The Morgan fingerprint density at radius 3 is 2.71 bits per heavy atom. The molecule has 17 heavy (non-hydrogen) atoms. The first-order valence-corrected chi connectivity index (χ1v) is 6.42. The maximum absolute atomic E-state index is 5.69. The first kappa shape index (κ1) is 14.4. The predicted octanol–water partition coefficient (Wildman–Crippen LogP) is 1.22. The normalized spacial score (nSPS) is 10.8. The van der Waals surface area contributed by atoms with Crippen molar-refractivity contribution in [3.05, 3.63) is 10.6 Å². The van der Waals surface area contributed by atoms with Crippen molar-refractivity contribution >= 4 is 16.5 Å². The molecule has 98 valence electrons. The third-order valence-electron chi connectivity index (χ3n) is 2.40. The van der Waals surface area contributed by atoms with Gasteiger partial charge in [-0.15, -0.1) is 11.3 Å². The summed E-state index contributed by atoms with van der Waals surface area (Å²) in [5, 5.41) is 0.994. The van der Waals surface area contributed by atoms with Gasteiger partial charge in [-0.05, 0) is 6.42 Å². The SMILES string of the molecule is COCCCN(C)c1nc(COC)c(CN)s1. The molecule has 2 N–H and O–H groups in total. The first-order chi connectivity index (χ1) is 8.22. The summed E-state index contributed by atoms with van der Waals surface area (Å²) < 4.78 is 10.1. The second kappa shape index (κ2) is 7.60. The lowest BCUT2D eigenvalue weighted by Gasteiger charge is -2.14. The molecule has 0 amide bonds. The van der Waals surface area contributed by atoms with Crippen molar-refractivity contribution in [3.63, 3.8) is 0 Å². The molecule has 0 aliphatic heterocycles. The lowest BCUT2D eigenvalue weighted by Crippen LogP contribution is -2.19. The second-order valence-electron chi connectivity index (χ2n) is 3.77. The van der Waals surface area contributed by atoms with Gasteiger partial charge >= 0.3 is 0 Å². The molecule has 0 fully saturated rings. The van der Waals surface area contributed by atoms with Crippen molar-refractivity contribution in [2.75, 3.05) is 39.3 Å². The maximum Gasteiger partial charge on any atom is 0.185 e. The number of rotatable bonds is 8. The highest BCUT2D eigenvalue weighted by Gasteiger charge is 2.12. The van der Waals surface area contributed by atoms with Gasteiger partial charge in [-0.2, -0.15) is 0 Å². The fourth-order valence-corrected chi connectivity index (χ4v) is 2.41. The zero-order valence-electron chi connectivity index (χ0n) is 10.7. The van der Waals surface area contributed by atoms with Crippen molar-refractivity contribution in [2.45, 2.75) is 19.6 Å². The lowest BCUT2D eigenvalue weighted by atomic mass is 10.4. The smallest absolute Gasteiger partial charge is 0.185 e. The average Bonchev–Trinajstić information content (AvgIpc) is 2.73. The van der Waals surface area contributed by atoms with Gasteiger partial charge in [0.15, 0.2) is 5.13 Å². The summed E-state index contributed by atoms with van der Waals surface area (Å²) in [4.78, 5) is 7.77. The molecule has 0 spiro atoms. The van der Waals surface area contributed by atoms with E-state index in [1.165, 1.54) is 0 Å². The van der Waals surface area contributed by atoms with E-state index in [-0.39, 0.29) is 0 Å². The molecule has 0 bridgehead atoms. The van der Waals surface area contributed by atoms with Gasteiger partial charge in [-0.25, -0.2) is 4.98 Å². The third kappa shape index (κ3) is 4.23. The number of methoxy groups -OCH3 is 2. The van der Waals surface area contributed by atoms with Gasteiger partial charge in [0.1, 0.15) is 0 Å². The quantitative estimate of drug-likeness (QED) is 0.711.